The number of hydrogen-bond donors (Lipinski definition) is 2. The number of nitrogens with one attached hydrogen (secondary N) is 2. The lowest BCUT2D eigenvalue weighted by Gasteiger charge is -2.29. The van der Waals surface area contributed by atoms with Crippen LogP contribution in [0.3, 0.4) is 0 Å². The molecule has 0 unspecified atom stereocenters. The van der Waals surface area contributed by atoms with E-state index in [1.165, 1.54) is 6.07 Å². The Bertz CT molecular complexity index is 864. The molecule has 2 N–H and O–H groups in total. The second-order valence-electron chi connectivity index (χ2n) is 6.33. The molecule has 3 rings (SSSR count). The predicted molar refractivity (Wildman–Crippen MR) is 102 cm³/mol. The van der Waals surface area contributed by atoms with Gasteiger partial charge in [0, 0.05) is 37.0 Å². The molecular formula is C20H22FN3O3. The monoisotopic (exact) mass is 371 g/mol. The van der Waals surface area contributed by atoms with Gasteiger partial charge < -0.3 is 20.3 Å². The first-order valence-electron chi connectivity index (χ1n) is 8.76. The smallest absolute Gasteiger partial charge is 0.255 e. The van der Waals surface area contributed by atoms with Crippen LogP contribution < -0.4 is 15.5 Å². The van der Waals surface area contributed by atoms with E-state index in [4.69, 9.17) is 4.74 Å². The number of rotatable bonds is 4. The van der Waals surface area contributed by atoms with Gasteiger partial charge in [0.05, 0.1) is 18.9 Å². The van der Waals surface area contributed by atoms with Crippen molar-refractivity contribution in [2.45, 2.75) is 6.92 Å². The number of carbonyl (C=O) groups is 2. The van der Waals surface area contributed by atoms with E-state index in [1.807, 2.05) is 11.8 Å². The van der Waals surface area contributed by atoms with E-state index in [-0.39, 0.29) is 11.5 Å². The zero-order valence-electron chi connectivity index (χ0n) is 15.3. The number of morpholine rings is 1. The maximum atomic E-state index is 14.5. The lowest BCUT2D eigenvalue weighted by molar-refractivity contribution is 0.0961. The third-order valence-corrected chi connectivity index (χ3v) is 4.54. The van der Waals surface area contributed by atoms with E-state index >= 15 is 0 Å². The van der Waals surface area contributed by atoms with Crippen molar-refractivity contribution in [2.24, 2.45) is 0 Å². The van der Waals surface area contributed by atoms with Gasteiger partial charge in [-0.1, -0.05) is 6.07 Å². The average Bonchev–Trinajstić information content (AvgIpc) is 2.69. The van der Waals surface area contributed by atoms with Crippen molar-refractivity contribution in [1.82, 2.24) is 5.32 Å². The Morgan fingerprint density at radius 2 is 1.70 bits per heavy atom. The third kappa shape index (κ3) is 4.25. The van der Waals surface area contributed by atoms with E-state index in [9.17, 15) is 14.0 Å². The van der Waals surface area contributed by atoms with Gasteiger partial charge in [-0.05, 0) is 42.8 Å². The van der Waals surface area contributed by atoms with Gasteiger partial charge in [0.15, 0.2) is 0 Å². The molecule has 1 fully saturated rings. The van der Waals surface area contributed by atoms with Crippen molar-refractivity contribution in [2.75, 3.05) is 43.6 Å². The van der Waals surface area contributed by atoms with Gasteiger partial charge in [-0.2, -0.15) is 0 Å². The summed E-state index contributed by atoms with van der Waals surface area (Å²) in [4.78, 5) is 26.2. The quantitative estimate of drug-likeness (QED) is 0.867. The van der Waals surface area contributed by atoms with Crippen molar-refractivity contribution in [3.63, 3.8) is 0 Å². The molecule has 27 heavy (non-hydrogen) atoms. The Morgan fingerprint density at radius 3 is 2.37 bits per heavy atom. The van der Waals surface area contributed by atoms with Gasteiger partial charge in [0.2, 0.25) is 0 Å². The number of halogens is 1. The summed E-state index contributed by atoms with van der Waals surface area (Å²) < 4.78 is 19.8. The SMILES string of the molecule is CNC(=O)c1ccc(C)c(NC(=O)c2ccc(N3CCOCC3)c(F)c2)c1. The van der Waals surface area contributed by atoms with E-state index in [0.717, 1.165) is 5.56 Å². The summed E-state index contributed by atoms with van der Waals surface area (Å²) in [5.74, 6) is -1.12. The highest BCUT2D eigenvalue weighted by Crippen LogP contribution is 2.23. The fourth-order valence-electron chi connectivity index (χ4n) is 2.95. The predicted octanol–water partition coefficient (Wildman–Crippen LogP) is 2.58. The molecule has 142 valence electrons. The molecule has 0 aromatic heterocycles. The van der Waals surface area contributed by atoms with Gasteiger partial charge in [-0.25, -0.2) is 4.39 Å². The van der Waals surface area contributed by atoms with Gasteiger partial charge in [0.1, 0.15) is 5.82 Å². The fourth-order valence-corrected chi connectivity index (χ4v) is 2.95. The van der Waals surface area contributed by atoms with Crippen LogP contribution in [0.15, 0.2) is 36.4 Å². The number of anilines is 2. The number of aryl methyl sites for hydroxylation is 1. The Balaban J connectivity index is 1.78. The Hall–Kier alpha value is -2.93. The molecule has 0 bridgehead atoms. The average molecular weight is 371 g/mol. The van der Waals surface area contributed by atoms with E-state index in [0.29, 0.717) is 43.2 Å². The summed E-state index contributed by atoms with van der Waals surface area (Å²) in [5, 5.41) is 5.30. The highest BCUT2D eigenvalue weighted by atomic mass is 19.1. The maximum absolute atomic E-state index is 14.5. The van der Waals surface area contributed by atoms with Gasteiger partial charge >= 0.3 is 0 Å². The zero-order chi connectivity index (χ0) is 19.4. The molecule has 0 spiro atoms. The Kier molecular flexibility index (Phi) is 5.71. The first-order valence-corrected chi connectivity index (χ1v) is 8.76. The number of nitrogens with zero attached hydrogens (tertiary/aromatic N) is 1. The van der Waals surface area contributed by atoms with Gasteiger partial charge in [0.25, 0.3) is 11.8 Å². The summed E-state index contributed by atoms with van der Waals surface area (Å²) in [5.41, 5.74) is 2.44. The van der Waals surface area contributed by atoms with Crippen LogP contribution >= 0.6 is 0 Å². The van der Waals surface area contributed by atoms with Crippen LogP contribution in [0.1, 0.15) is 26.3 Å². The van der Waals surface area contributed by atoms with Crippen molar-refractivity contribution < 1.29 is 18.7 Å². The minimum atomic E-state index is -0.444. The minimum Gasteiger partial charge on any atom is -0.378 e. The lowest BCUT2D eigenvalue weighted by Crippen LogP contribution is -2.36. The minimum absolute atomic E-state index is 0.217. The number of ether oxygens (including phenoxy) is 1. The summed E-state index contributed by atoms with van der Waals surface area (Å²) in [6.45, 7) is 4.18. The number of carbonyl (C=O) groups excluding carboxylic acids is 2. The molecule has 6 nitrogen and oxygen atoms in total. The molecule has 1 aliphatic rings. The Labute approximate surface area is 157 Å². The van der Waals surface area contributed by atoms with Crippen LogP contribution in [0.5, 0.6) is 0 Å². The molecule has 2 aromatic rings. The molecule has 1 aliphatic heterocycles. The van der Waals surface area contributed by atoms with Crippen LogP contribution in [0.25, 0.3) is 0 Å². The van der Waals surface area contributed by atoms with Crippen LogP contribution in [0.4, 0.5) is 15.8 Å². The van der Waals surface area contributed by atoms with Crippen molar-refractivity contribution in [3.05, 3.63) is 58.9 Å². The molecule has 0 saturated carbocycles. The van der Waals surface area contributed by atoms with E-state index < -0.39 is 11.7 Å². The highest BCUT2D eigenvalue weighted by molar-refractivity contribution is 6.05. The van der Waals surface area contributed by atoms with Crippen molar-refractivity contribution in [3.8, 4) is 0 Å². The second kappa shape index (κ2) is 8.18. The molecule has 7 heteroatoms. The molecule has 0 aliphatic carbocycles. The second-order valence-corrected chi connectivity index (χ2v) is 6.33. The summed E-state index contributed by atoms with van der Waals surface area (Å²) >= 11 is 0. The number of benzene rings is 2. The summed E-state index contributed by atoms with van der Waals surface area (Å²) in [7, 11) is 1.54. The van der Waals surface area contributed by atoms with Crippen molar-refractivity contribution >= 4 is 23.2 Å². The van der Waals surface area contributed by atoms with E-state index in [2.05, 4.69) is 10.6 Å². The molecule has 0 atom stereocenters. The van der Waals surface area contributed by atoms with Gasteiger partial charge in [-0.3, -0.25) is 9.59 Å². The normalized spacial score (nSPS) is 14.0. The molecule has 1 saturated heterocycles. The summed E-state index contributed by atoms with van der Waals surface area (Å²) in [6.07, 6.45) is 0. The van der Waals surface area contributed by atoms with E-state index in [1.54, 1.807) is 37.4 Å². The number of amides is 2. The standard InChI is InChI=1S/C20H22FN3O3/c1-13-3-4-15(19(25)22-2)12-17(13)23-20(26)14-5-6-18(16(21)11-14)24-7-9-27-10-8-24/h3-6,11-12H,7-10H2,1-2H3,(H,22,25)(H,23,26). The first-order chi connectivity index (χ1) is 13.0. The molecule has 2 aromatic carbocycles. The highest BCUT2D eigenvalue weighted by Gasteiger charge is 2.17. The van der Waals surface area contributed by atoms with Crippen molar-refractivity contribution in [1.29, 1.82) is 0 Å². The van der Waals surface area contributed by atoms with Crippen LogP contribution in [-0.4, -0.2) is 45.2 Å². The zero-order valence-corrected chi connectivity index (χ0v) is 15.3. The van der Waals surface area contributed by atoms with Crippen LogP contribution in [-0.2, 0) is 4.74 Å². The molecule has 1 heterocycles. The third-order valence-electron chi connectivity index (χ3n) is 4.54. The largest absolute Gasteiger partial charge is 0.378 e. The molecule has 0 radical (unpaired) electrons. The Morgan fingerprint density at radius 1 is 1.04 bits per heavy atom. The topological polar surface area (TPSA) is 70.7 Å². The van der Waals surface area contributed by atoms with Gasteiger partial charge in [-0.15, -0.1) is 0 Å². The molecule has 2 amide bonds. The van der Waals surface area contributed by atoms with Crippen LogP contribution in [0.2, 0.25) is 0 Å². The maximum Gasteiger partial charge on any atom is 0.255 e. The van der Waals surface area contributed by atoms with Crippen LogP contribution in [0, 0.1) is 12.7 Å². The lowest BCUT2D eigenvalue weighted by atomic mass is 10.1. The fraction of sp³-hybridized carbons (Fsp3) is 0.300. The number of hydrogen-bond acceptors (Lipinski definition) is 4. The first kappa shape index (κ1) is 18.8. The molecular weight excluding hydrogens is 349 g/mol. The summed E-state index contributed by atoms with van der Waals surface area (Å²) in [6, 6.07) is 9.48.